The topological polar surface area (TPSA) is 60.1 Å². The maximum absolute atomic E-state index is 13.2. The number of hydrogen-bond acceptors (Lipinski definition) is 3. The van der Waals surface area contributed by atoms with E-state index in [1.165, 1.54) is 0 Å². The zero-order valence-corrected chi connectivity index (χ0v) is 18.7. The number of imidazole rings is 1. The first kappa shape index (κ1) is 21.5. The molecule has 0 saturated carbocycles. The van der Waals surface area contributed by atoms with E-state index < -0.39 is 6.04 Å². The first-order valence-electron chi connectivity index (χ1n) is 10.3. The molecule has 160 valence electrons. The number of carbonyl (C=O) groups is 1. The number of amides is 1. The second kappa shape index (κ2) is 9.58. The Morgan fingerprint density at radius 2 is 2.00 bits per heavy atom. The smallest absolute Gasteiger partial charge is 0.243 e. The van der Waals surface area contributed by atoms with Gasteiger partial charge in [-0.2, -0.15) is 0 Å². The molecule has 2 aromatic carbocycles. The largest absolute Gasteiger partial charge is 0.467 e. The highest BCUT2D eigenvalue weighted by Gasteiger charge is 2.25. The number of fused-ring (bicyclic) bond motifs is 1. The molecule has 0 radical (unpaired) electrons. The van der Waals surface area contributed by atoms with Crippen molar-refractivity contribution in [2.24, 2.45) is 0 Å². The van der Waals surface area contributed by atoms with E-state index in [4.69, 9.17) is 32.6 Å². The number of furan rings is 1. The van der Waals surface area contributed by atoms with E-state index in [0.29, 0.717) is 35.2 Å². The van der Waals surface area contributed by atoms with Gasteiger partial charge in [-0.1, -0.05) is 54.7 Å². The molecule has 0 bridgehead atoms. The van der Waals surface area contributed by atoms with Gasteiger partial charge in [-0.05, 0) is 48.4 Å². The van der Waals surface area contributed by atoms with Crippen molar-refractivity contribution in [2.45, 2.75) is 38.8 Å². The lowest BCUT2D eigenvalue weighted by Crippen LogP contribution is -2.33. The predicted octanol–water partition coefficient (Wildman–Crippen LogP) is 6.18. The lowest BCUT2D eigenvalue weighted by molar-refractivity contribution is -0.124. The Labute approximate surface area is 191 Å². The minimum atomic E-state index is -0.395. The summed E-state index contributed by atoms with van der Waals surface area (Å²) in [4.78, 5) is 18.1. The Morgan fingerprint density at radius 3 is 2.74 bits per heavy atom. The zero-order chi connectivity index (χ0) is 21.8. The summed E-state index contributed by atoms with van der Waals surface area (Å²) in [5.41, 5.74) is 2.69. The molecule has 7 heteroatoms. The third-order valence-electron chi connectivity index (χ3n) is 5.23. The summed E-state index contributed by atoms with van der Waals surface area (Å²) in [5, 5.41) is 4.18. The van der Waals surface area contributed by atoms with Crippen molar-refractivity contribution in [3.8, 4) is 0 Å². The molecule has 0 aliphatic heterocycles. The number of para-hydroxylation sites is 2. The van der Waals surface area contributed by atoms with Gasteiger partial charge in [0.1, 0.15) is 17.6 Å². The Balaban J connectivity index is 1.71. The molecule has 1 N–H and O–H groups in total. The van der Waals surface area contributed by atoms with Gasteiger partial charge in [0.05, 0.1) is 23.8 Å². The zero-order valence-electron chi connectivity index (χ0n) is 17.1. The average Bonchev–Trinajstić information content (AvgIpc) is 3.40. The fourth-order valence-corrected chi connectivity index (χ4v) is 4.23. The summed E-state index contributed by atoms with van der Waals surface area (Å²) >= 11 is 12.5. The number of nitrogens with one attached hydrogen (secondary N) is 1. The van der Waals surface area contributed by atoms with Crippen molar-refractivity contribution in [3.05, 3.63) is 88.1 Å². The van der Waals surface area contributed by atoms with Crippen LogP contribution in [0.1, 0.15) is 43.0 Å². The van der Waals surface area contributed by atoms with Gasteiger partial charge in [0, 0.05) is 16.5 Å². The third-order valence-corrected chi connectivity index (χ3v) is 5.81. The normalized spacial score (nSPS) is 12.2. The molecule has 1 amide bonds. The molecule has 0 spiro atoms. The molecule has 0 fully saturated rings. The molecule has 0 unspecified atom stereocenters. The van der Waals surface area contributed by atoms with Crippen LogP contribution < -0.4 is 5.32 Å². The highest BCUT2D eigenvalue weighted by atomic mass is 35.5. The molecule has 1 atom stereocenters. The van der Waals surface area contributed by atoms with Gasteiger partial charge in [-0.25, -0.2) is 4.98 Å². The fraction of sp³-hybridized carbons (Fsp3) is 0.250. The predicted molar refractivity (Wildman–Crippen MR) is 124 cm³/mol. The van der Waals surface area contributed by atoms with Crippen molar-refractivity contribution in [1.82, 2.24) is 14.9 Å². The molecule has 0 aliphatic carbocycles. The van der Waals surface area contributed by atoms with E-state index in [1.54, 1.807) is 12.3 Å². The van der Waals surface area contributed by atoms with Crippen LogP contribution in [0, 0.1) is 0 Å². The number of carbonyl (C=O) groups excluding carboxylic acids is 1. The van der Waals surface area contributed by atoms with Gasteiger partial charge < -0.3 is 14.3 Å². The second-order valence-corrected chi connectivity index (χ2v) is 8.24. The van der Waals surface area contributed by atoms with Crippen molar-refractivity contribution in [1.29, 1.82) is 0 Å². The fourth-order valence-electron chi connectivity index (χ4n) is 3.76. The van der Waals surface area contributed by atoms with E-state index in [9.17, 15) is 4.79 Å². The summed E-state index contributed by atoms with van der Waals surface area (Å²) in [6.45, 7) is 2.42. The molecule has 4 rings (SSSR count). The summed E-state index contributed by atoms with van der Waals surface area (Å²) in [7, 11) is 0. The van der Waals surface area contributed by atoms with Gasteiger partial charge >= 0.3 is 0 Å². The van der Waals surface area contributed by atoms with Crippen LogP contribution in [0.3, 0.4) is 0 Å². The van der Waals surface area contributed by atoms with Gasteiger partial charge in [0.2, 0.25) is 5.91 Å². The van der Waals surface area contributed by atoms with Gasteiger partial charge in [0.25, 0.3) is 0 Å². The van der Waals surface area contributed by atoms with E-state index in [2.05, 4.69) is 12.2 Å². The van der Waals surface area contributed by atoms with Crippen LogP contribution in [0.5, 0.6) is 0 Å². The molecular formula is C24H23Cl2N3O2. The quantitative estimate of drug-likeness (QED) is 0.344. The van der Waals surface area contributed by atoms with Crippen LogP contribution in [-0.4, -0.2) is 15.5 Å². The van der Waals surface area contributed by atoms with Crippen molar-refractivity contribution < 1.29 is 9.21 Å². The number of benzene rings is 2. The standard InChI is InChI=1S/C24H23Cl2N3O2/c1-2-6-22(24(30)27-15-18-7-5-12-31-18)29-21-9-4-3-8-20(21)28-23(29)13-16-10-11-17(25)14-19(16)26/h3-5,7-12,14,22H,2,6,13,15H2,1H3,(H,27,30)/t22-/m0/s1. The van der Waals surface area contributed by atoms with Crippen LogP contribution in [0.2, 0.25) is 10.0 Å². The maximum atomic E-state index is 13.2. The number of rotatable bonds is 8. The van der Waals surface area contributed by atoms with E-state index in [0.717, 1.165) is 28.8 Å². The number of nitrogens with zero attached hydrogens (tertiary/aromatic N) is 2. The Kier molecular flexibility index (Phi) is 6.64. The summed E-state index contributed by atoms with van der Waals surface area (Å²) in [6, 6.07) is 16.6. The second-order valence-electron chi connectivity index (χ2n) is 7.40. The van der Waals surface area contributed by atoms with Crippen LogP contribution in [0.4, 0.5) is 0 Å². The van der Waals surface area contributed by atoms with Crippen molar-refractivity contribution in [2.75, 3.05) is 0 Å². The summed E-state index contributed by atoms with van der Waals surface area (Å²) < 4.78 is 7.39. The molecule has 0 saturated heterocycles. The van der Waals surface area contributed by atoms with Gasteiger partial charge in [0.15, 0.2) is 0 Å². The third kappa shape index (κ3) is 4.78. The average molecular weight is 456 g/mol. The molecule has 5 nitrogen and oxygen atoms in total. The van der Waals surface area contributed by atoms with Crippen molar-refractivity contribution >= 4 is 40.1 Å². The van der Waals surface area contributed by atoms with E-state index >= 15 is 0 Å². The highest BCUT2D eigenvalue weighted by molar-refractivity contribution is 6.35. The Bertz CT molecular complexity index is 1180. The molecule has 31 heavy (non-hydrogen) atoms. The Morgan fingerprint density at radius 1 is 1.16 bits per heavy atom. The lowest BCUT2D eigenvalue weighted by Gasteiger charge is -2.21. The number of hydrogen-bond donors (Lipinski definition) is 1. The molecule has 2 heterocycles. The van der Waals surface area contributed by atoms with Crippen LogP contribution in [-0.2, 0) is 17.8 Å². The summed E-state index contributed by atoms with van der Waals surface area (Å²) in [5.74, 6) is 1.44. The van der Waals surface area contributed by atoms with Gasteiger partial charge in [-0.15, -0.1) is 0 Å². The van der Waals surface area contributed by atoms with Crippen LogP contribution >= 0.6 is 23.2 Å². The SMILES string of the molecule is CCC[C@@H](C(=O)NCc1ccco1)n1c(Cc2ccc(Cl)cc2Cl)nc2ccccc21. The van der Waals surface area contributed by atoms with Gasteiger partial charge in [-0.3, -0.25) is 4.79 Å². The monoisotopic (exact) mass is 455 g/mol. The number of aromatic nitrogens is 2. The first-order chi connectivity index (χ1) is 15.1. The molecular weight excluding hydrogens is 433 g/mol. The highest BCUT2D eigenvalue weighted by Crippen LogP contribution is 2.29. The minimum Gasteiger partial charge on any atom is -0.467 e. The van der Waals surface area contributed by atoms with E-state index in [1.807, 2.05) is 53.1 Å². The molecule has 2 aromatic heterocycles. The minimum absolute atomic E-state index is 0.0649. The number of halogens is 2. The van der Waals surface area contributed by atoms with Crippen molar-refractivity contribution in [3.63, 3.8) is 0 Å². The lowest BCUT2D eigenvalue weighted by atomic mass is 10.1. The Hall–Kier alpha value is -2.76. The van der Waals surface area contributed by atoms with Crippen LogP contribution in [0.15, 0.2) is 65.3 Å². The molecule has 0 aliphatic rings. The maximum Gasteiger partial charge on any atom is 0.243 e. The van der Waals surface area contributed by atoms with Crippen LogP contribution in [0.25, 0.3) is 11.0 Å². The molecule has 4 aromatic rings. The van der Waals surface area contributed by atoms with E-state index in [-0.39, 0.29) is 5.91 Å². The summed E-state index contributed by atoms with van der Waals surface area (Å²) in [6.07, 6.45) is 3.64. The first-order valence-corrected chi connectivity index (χ1v) is 11.0.